The zero-order valence-electron chi connectivity index (χ0n) is 12.8. The molecule has 0 unspecified atom stereocenters. The number of carbonyl (C=O) groups excluding carboxylic acids is 1. The molecule has 0 aromatic heterocycles. The summed E-state index contributed by atoms with van der Waals surface area (Å²) in [6.07, 6.45) is 1.70. The molecule has 116 valence electrons. The lowest BCUT2D eigenvalue weighted by atomic mass is 10.0. The van der Waals surface area contributed by atoms with Crippen molar-refractivity contribution >= 4 is 17.8 Å². The fourth-order valence-electron chi connectivity index (χ4n) is 2.32. The van der Waals surface area contributed by atoms with Gasteiger partial charge >= 0.3 is 5.97 Å². The van der Waals surface area contributed by atoms with Gasteiger partial charge in [-0.15, -0.1) is 0 Å². The Kier molecular flexibility index (Phi) is 4.10. The summed E-state index contributed by atoms with van der Waals surface area (Å²) in [6, 6.07) is 14.8. The Hall–Kier alpha value is -3.08. The molecule has 2 aromatic carbocycles. The number of nitrogens with zero attached hydrogens (tertiary/aromatic N) is 1. The van der Waals surface area contributed by atoms with Gasteiger partial charge in [-0.05, 0) is 24.3 Å². The lowest BCUT2D eigenvalue weighted by Crippen LogP contribution is -2.07. The molecule has 5 heteroatoms. The van der Waals surface area contributed by atoms with Crippen molar-refractivity contribution < 1.29 is 19.1 Å². The normalized spacial score (nSPS) is 15.3. The monoisotopic (exact) mass is 309 g/mol. The topological polar surface area (TPSA) is 57.1 Å². The molecule has 0 bridgehead atoms. The molecule has 1 heterocycles. The smallest absolute Gasteiger partial charge is 0.368 e. The average molecular weight is 309 g/mol. The van der Waals surface area contributed by atoms with E-state index in [9.17, 15) is 4.79 Å². The number of hydrogen-bond donors (Lipinski definition) is 0. The van der Waals surface area contributed by atoms with Gasteiger partial charge in [0.2, 0.25) is 0 Å². The second kappa shape index (κ2) is 6.36. The van der Waals surface area contributed by atoms with Crippen LogP contribution in [0.25, 0.3) is 6.08 Å². The van der Waals surface area contributed by atoms with Gasteiger partial charge in [-0.3, -0.25) is 0 Å². The minimum Gasteiger partial charge on any atom is -0.497 e. The van der Waals surface area contributed by atoms with E-state index in [0.29, 0.717) is 28.3 Å². The van der Waals surface area contributed by atoms with Gasteiger partial charge in [0.1, 0.15) is 17.2 Å². The van der Waals surface area contributed by atoms with Crippen molar-refractivity contribution in [3.63, 3.8) is 0 Å². The first-order valence-corrected chi connectivity index (χ1v) is 7.02. The third-order valence-corrected chi connectivity index (χ3v) is 3.48. The molecule has 0 radical (unpaired) electrons. The number of carbonyl (C=O) groups is 1. The van der Waals surface area contributed by atoms with Crippen molar-refractivity contribution in [2.45, 2.75) is 0 Å². The van der Waals surface area contributed by atoms with Gasteiger partial charge in [-0.25, -0.2) is 4.79 Å². The molecule has 1 aliphatic rings. The van der Waals surface area contributed by atoms with Gasteiger partial charge in [0.15, 0.2) is 0 Å². The van der Waals surface area contributed by atoms with Gasteiger partial charge in [0, 0.05) is 11.1 Å². The van der Waals surface area contributed by atoms with Crippen molar-refractivity contribution in [2.24, 2.45) is 5.16 Å². The number of rotatable bonds is 4. The van der Waals surface area contributed by atoms with Crippen LogP contribution >= 0.6 is 0 Å². The molecule has 0 saturated heterocycles. The molecule has 0 atom stereocenters. The van der Waals surface area contributed by atoms with Crippen molar-refractivity contribution in [3.05, 3.63) is 65.2 Å². The molecule has 0 fully saturated rings. The zero-order chi connectivity index (χ0) is 16.2. The molecular formula is C18H15NO4. The first kappa shape index (κ1) is 14.8. The highest BCUT2D eigenvalue weighted by molar-refractivity contribution is 6.31. The van der Waals surface area contributed by atoms with Crippen LogP contribution in [-0.2, 0) is 9.63 Å². The second-order valence-electron chi connectivity index (χ2n) is 4.85. The molecule has 0 amide bonds. The molecule has 0 saturated carbocycles. The fourth-order valence-corrected chi connectivity index (χ4v) is 2.32. The van der Waals surface area contributed by atoms with Crippen LogP contribution < -0.4 is 9.47 Å². The standard InChI is InChI=1S/C18H15NO4/c1-21-14-8-9-16(22-2)13(10-14)11-15-17(19-23-18(15)20)12-6-4-3-5-7-12/h3-11H,1-2H3. The maximum atomic E-state index is 12.0. The van der Waals surface area contributed by atoms with E-state index >= 15 is 0 Å². The van der Waals surface area contributed by atoms with E-state index < -0.39 is 5.97 Å². The maximum absolute atomic E-state index is 12.0. The van der Waals surface area contributed by atoms with Crippen LogP contribution in [0.1, 0.15) is 11.1 Å². The number of methoxy groups -OCH3 is 2. The van der Waals surface area contributed by atoms with E-state index in [2.05, 4.69) is 5.16 Å². The fraction of sp³-hybridized carbons (Fsp3) is 0.111. The van der Waals surface area contributed by atoms with Crippen LogP contribution in [0.5, 0.6) is 11.5 Å². The SMILES string of the molecule is COc1ccc(OC)c(C=C2C(=O)ON=C2c2ccccc2)c1. The summed E-state index contributed by atoms with van der Waals surface area (Å²) in [5.41, 5.74) is 2.40. The van der Waals surface area contributed by atoms with E-state index in [1.54, 1.807) is 38.5 Å². The molecule has 3 rings (SSSR count). The van der Waals surface area contributed by atoms with E-state index in [-0.39, 0.29) is 0 Å². The van der Waals surface area contributed by atoms with Crippen LogP contribution in [-0.4, -0.2) is 25.9 Å². The maximum Gasteiger partial charge on any atom is 0.368 e. The van der Waals surface area contributed by atoms with E-state index in [1.807, 2.05) is 30.3 Å². The Balaban J connectivity index is 2.07. The van der Waals surface area contributed by atoms with Gasteiger partial charge < -0.3 is 14.3 Å². The highest BCUT2D eigenvalue weighted by Crippen LogP contribution is 2.28. The lowest BCUT2D eigenvalue weighted by Gasteiger charge is -2.08. The molecule has 0 aliphatic carbocycles. The number of oxime groups is 1. The molecule has 2 aromatic rings. The van der Waals surface area contributed by atoms with Gasteiger partial charge in [0.25, 0.3) is 0 Å². The molecular weight excluding hydrogens is 294 g/mol. The molecule has 23 heavy (non-hydrogen) atoms. The van der Waals surface area contributed by atoms with Gasteiger partial charge in [-0.2, -0.15) is 0 Å². The van der Waals surface area contributed by atoms with E-state index in [1.165, 1.54) is 0 Å². The third-order valence-electron chi connectivity index (χ3n) is 3.48. The second-order valence-corrected chi connectivity index (χ2v) is 4.85. The predicted octanol–water partition coefficient (Wildman–Crippen LogP) is 3.05. The Bertz CT molecular complexity index is 794. The highest BCUT2D eigenvalue weighted by atomic mass is 16.7. The number of ether oxygens (including phenoxy) is 2. The van der Waals surface area contributed by atoms with Crippen molar-refractivity contribution in [1.82, 2.24) is 0 Å². The van der Waals surface area contributed by atoms with E-state index in [4.69, 9.17) is 14.3 Å². The van der Waals surface area contributed by atoms with Crippen LogP contribution in [0.3, 0.4) is 0 Å². The zero-order valence-corrected chi connectivity index (χ0v) is 12.8. The number of hydrogen-bond acceptors (Lipinski definition) is 5. The summed E-state index contributed by atoms with van der Waals surface area (Å²) in [5, 5.41) is 3.89. The van der Waals surface area contributed by atoms with Gasteiger partial charge in [0.05, 0.1) is 19.8 Å². The molecule has 1 aliphatic heterocycles. The predicted molar refractivity (Wildman–Crippen MR) is 86.6 cm³/mol. The summed E-state index contributed by atoms with van der Waals surface area (Å²) in [5.74, 6) is 0.807. The summed E-state index contributed by atoms with van der Waals surface area (Å²) in [4.78, 5) is 16.9. The molecule has 5 nitrogen and oxygen atoms in total. The Morgan fingerprint density at radius 1 is 1.04 bits per heavy atom. The van der Waals surface area contributed by atoms with Crippen LogP contribution in [0, 0.1) is 0 Å². The van der Waals surface area contributed by atoms with Crippen molar-refractivity contribution in [1.29, 1.82) is 0 Å². The Morgan fingerprint density at radius 3 is 2.52 bits per heavy atom. The lowest BCUT2D eigenvalue weighted by molar-refractivity contribution is -0.136. The Morgan fingerprint density at radius 2 is 1.83 bits per heavy atom. The van der Waals surface area contributed by atoms with Gasteiger partial charge in [-0.1, -0.05) is 35.5 Å². The van der Waals surface area contributed by atoms with Crippen LogP contribution in [0.2, 0.25) is 0 Å². The highest BCUT2D eigenvalue weighted by Gasteiger charge is 2.27. The molecule has 0 N–H and O–H groups in total. The van der Waals surface area contributed by atoms with Crippen molar-refractivity contribution in [2.75, 3.05) is 14.2 Å². The van der Waals surface area contributed by atoms with Crippen molar-refractivity contribution in [3.8, 4) is 11.5 Å². The first-order chi connectivity index (χ1) is 11.2. The summed E-state index contributed by atoms with van der Waals surface area (Å²) < 4.78 is 10.6. The quantitative estimate of drug-likeness (QED) is 0.643. The summed E-state index contributed by atoms with van der Waals surface area (Å²) in [7, 11) is 3.16. The minimum absolute atomic E-state index is 0.378. The summed E-state index contributed by atoms with van der Waals surface area (Å²) >= 11 is 0. The third kappa shape index (κ3) is 2.94. The Labute approximate surface area is 133 Å². The summed E-state index contributed by atoms with van der Waals surface area (Å²) in [6.45, 7) is 0. The first-order valence-electron chi connectivity index (χ1n) is 7.02. The average Bonchev–Trinajstić information content (AvgIpc) is 2.96. The van der Waals surface area contributed by atoms with Crippen LogP contribution in [0.15, 0.2) is 59.3 Å². The molecule has 0 spiro atoms. The number of benzene rings is 2. The minimum atomic E-state index is -0.492. The largest absolute Gasteiger partial charge is 0.497 e. The van der Waals surface area contributed by atoms with Crippen LogP contribution in [0.4, 0.5) is 0 Å². The van der Waals surface area contributed by atoms with E-state index in [0.717, 1.165) is 5.56 Å².